The van der Waals surface area contributed by atoms with Gasteiger partial charge in [0.25, 0.3) is 11.8 Å². The second-order valence-corrected chi connectivity index (χ2v) is 11.5. The van der Waals surface area contributed by atoms with Gasteiger partial charge < -0.3 is 15.8 Å². The van der Waals surface area contributed by atoms with Crippen LogP contribution >= 0.6 is 46.8 Å². The van der Waals surface area contributed by atoms with E-state index >= 15 is 0 Å². The lowest BCUT2D eigenvalue weighted by atomic mass is 9.72. The van der Waals surface area contributed by atoms with Gasteiger partial charge in [-0.1, -0.05) is 44.0 Å². The van der Waals surface area contributed by atoms with Crippen molar-refractivity contribution in [3.8, 4) is 5.75 Å². The van der Waals surface area contributed by atoms with Crippen LogP contribution in [0.1, 0.15) is 54.9 Å². The van der Waals surface area contributed by atoms with Crippen LogP contribution < -0.4 is 21.1 Å². The van der Waals surface area contributed by atoms with Gasteiger partial charge in [0, 0.05) is 9.90 Å². The quantitative estimate of drug-likeness (QED) is 0.441. The molecule has 1 heterocycles. The fourth-order valence-corrected chi connectivity index (χ4v) is 5.89. The third kappa shape index (κ3) is 6.18. The van der Waals surface area contributed by atoms with E-state index in [2.05, 4.69) is 31.4 Å². The molecule has 0 aliphatic heterocycles. The average Bonchev–Trinajstić information content (AvgIpc) is 3.06. The van der Waals surface area contributed by atoms with Gasteiger partial charge >= 0.3 is 0 Å². The smallest absolute Gasteiger partial charge is 0.266 e. The third-order valence-electron chi connectivity index (χ3n) is 5.77. The average molecular weight is 529 g/mol. The zero-order valence-corrected chi connectivity index (χ0v) is 22.0. The van der Waals surface area contributed by atoms with Gasteiger partial charge in [0.05, 0.1) is 10.6 Å². The molecule has 10 heteroatoms. The molecular weight excluding hydrogens is 501 g/mol. The second kappa shape index (κ2) is 10.2. The largest absolute Gasteiger partial charge is 0.479 e. The molecule has 1 aliphatic carbocycles. The lowest BCUT2D eigenvalue weighted by Gasteiger charge is -2.33. The highest BCUT2D eigenvalue weighted by molar-refractivity contribution is 7.80. The highest BCUT2D eigenvalue weighted by Crippen LogP contribution is 2.44. The Morgan fingerprint density at radius 3 is 2.61 bits per heavy atom. The molecule has 33 heavy (non-hydrogen) atoms. The molecule has 3 rings (SSSR count). The first-order valence-corrected chi connectivity index (χ1v) is 12.5. The van der Waals surface area contributed by atoms with Crippen LogP contribution in [0.3, 0.4) is 0 Å². The van der Waals surface area contributed by atoms with Gasteiger partial charge in [0.2, 0.25) is 0 Å². The summed E-state index contributed by atoms with van der Waals surface area (Å²) in [6.45, 7) is 8.27. The number of carbonyl (C=O) groups is 2. The number of halogens is 2. The van der Waals surface area contributed by atoms with Crippen molar-refractivity contribution >= 4 is 68.7 Å². The zero-order chi connectivity index (χ0) is 24.5. The van der Waals surface area contributed by atoms with E-state index in [0.717, 1.165) is 29.7 Å². The molecule has 0 bridgehead atoms. The number of thiocarbonyl (C=S) groups is 1. The van der Waals surface area contributed by atoms with E-state index in [4.69, 9.17) is 45.9 Å². The number of hydrogen-bond acceptors (Lipinski definition) is 5. The molecule has 6 nitrogen and oxygen atoms in total. The van der Waals surface area contributed by atoms with Crippen LogP contribution in [0.2, 0.25) is 10.0 Å². The third-order valence-corrected chi connectivity index (χ3v) is 7.67. The van der Waals surface area contributed by atoms with Crippen LogP contribution in [-0.2, 0) is 17.6 Å². The van der Waals surface area contributed by atoms with E-state index in [9.17, 15) is 9.59 Å². The Bertz CT molecular complexity index is 1100. The fourth-order valence-electron chi connectivity index (χ4n) is 3.84. The maximum atomic E-state index is 12.6. The predicted octanol–water partition coefficient (Wildman–Crippen LogP) is 5.59. The Hall–Kier alpha value is -1.87. The number of fused-ring (bicyclic) bond motifs is 1. The summed E-state index contributed by atoms with van der Waals surface area (Å²) in [4.78, 5) is 25.9. The van der Waals surface area contributed by atoms with Crippen molar-refractivity contribution in [2.24, 2.45) is 17.1 Å². The molecule has 1 aliphatic rings. The van der Waals surface area contributed by atoms with Crippen molar-refractivity contribution in [3.63, 3.8) is 0 Å². The van der Waals surface area contributed by atoms with Gasteiger partial charge in [0.1, 0.15) is 10.8 Å². The zero-order valence-electron chi connectivity index (χ0n) is 18.9. The van der Waals surface area contributed by atoms with Crippen LogP contribution in [0.4, 0.5) is 5.00 Å². The SMILES string of the molecule is CC(Oc1ccc(Cl)cc1Cl)C(=O)NC(=S)Nc1sc2c(c1C(N)=O)CCC(C(C)(C)C)C2. The Balaban J connectivity index is 1.69. The highest BCUT2D eigenvalue weighted by atomic mass is 35.5. The topological polar surface area (TPSA) is 93.4 Å². The van der Waals surface area contributed by atoms with Crippen LogP contribution in [0.15, 0.2) is 18.2 Å². The van der Waals surface area contributed by atoms with Crippen LogP contribution in [0.5, 0.6) is 5.75 Å². The second-order valence-electron chi connectivity index (χ2n) is 9.16. The molecule has 2 atom stereocenters. The summed E-state index contributed by atoms with van der Waals surface area (Å²) in [6.07, 6.45) is 1.80. The molecule has 2 aromatic rings. The summed E-state index contributed by atoms with van der Waals surface area (Å²) in [6, 6.07) is 4.74. The van der Waals surface area contributed by atoms with Crippen molar-refractivity contribution in [1.82, 2.24) is 5.32 Å². The van der Waals surface area contributed by atoms with E-state index in [0.29, 0.717) is 32.3 Å². The van der Waals surface area contributed by atoms with Gasteiger partial charge in [-0.3, -0.25) is 14.9 Å². The number of anilines is 1. The van der Waals surface area contributed by atoms with E-state index in [-0.39, 0.29) is 10.5 Å². The maximum absolute atomic E-state index is 12.6. The molecule has 0 fully saturated rings. The molecule has 0 saturated heterocycles. The normalized spacial score (nSPS) is 16.5. The van der Waals surface area contributed by atoms with Crippen molar-refractivity contribution in [2.45, 2.75) is 53.1 Å². The Morgan fingerprint density at radius 2 is 2.00 bits per heavy atom. The van der Waals surface area contributed by atoms with Crippen LogP contribution in [0.25, 0.3) is 0 Å². The Labute approximate surface area is 213 Å². The standard InChI is InChI=1S/C23H27Cl2N3O3S2/c1-11(31-16-8-6-13(24)10-15(16)25)20(30)27-22(32)28-21-18(19(26)29)14-7-5-12(23(2,3)4)9-17(14)33-21/h6,8,10-12H,5,7,9H2,1-4H3,(H2,26,29)(H2,27,28,30,32). The summed E-state index contributed by atoms with van der Waals surface area (Å²) < 4.78 is 5.62. The fraction of sp³-hybridized carbons (Fsp3) is 0.435. The monoisotopic (exact) mass is 527 g/mol. The lowest BCUT2D eigenvalue weighted by Crippen LogP contribution is -2.42. The van der Waals surface area contributed by atoms with E-state index in [1.165, 1.54) is 17.4 Å². The number of amides is 2. The number of carbonyl (C=O) groups excluding carboxylic acids is 2. The molecule has 1 aromatic carbocycles. The highest BCUT2D eigenvalue weighted by Gasteiger charge is 2.33. The molecule has 0 radical (unpaired) electrons. The molecule has 2 amide bonds. The molecule has 1 aromatic heterocycles. The molecule has 4 N–H and O–H groups in total. The minimum absolute atomic E-state index is 0.0612. The van der Waals surface area contributed by atoms with Crippen molar-refractivity contribution in [3.05, 3.63) is 44.2 Å². The lowest BCUT2D eigenvalue weighted by molar-refractivity contribution is -0.125. The minimum Gasteiger partial charge on any atom is -0.479 e. The first-order valence-electron chi connectivity index (χ1n) is 10.5. The van der Waals surface area contributed by atoms with Crippen molar-refractivity contribution in [1.29, 1.82) is 0 Å². The number of nitrogens with one attached hydrogen (secondary N) is 2. The van der Waals surface area contributed by atoms with Gasteiger partial charge in [-0.05, 0) is 73.5 Å². The summed E-state index contributed by atoms with van der Waals surface area (Å²) in [7, 11) is 0. The molecular formula is C23H27Cl2N3O3S2. The first-order chi connectivity index (χ1) is 15.4. The van der Waals surface area contributed by atoms with Gasteiger partial charge in [0.15, 0.2) is 11.2 Å². The summed E-state index contributed by atoms with van der Waals surface area (Å²) in [5.74, 6) is -0.125. The molecule has 0 spiro atoms. The number of hydrogen-bond donors (Lipinski definition) is 3. The minimum atomic E-state index is -0.872. The molecule has 2 unspecified atom stereocenters. The molecule has 178 valence electrons. The van der Waals surface area contributed by atoms with Crippen molar-refractivity contribution in [2.75, 3.05) is 5.32 Å². The first kappa shape index (κ1) is 25.7. The number of primary amides is 1. The van der Waals surface area contributed by atoms with E-state index < -0.39 is 17.9 Å². The summed E-state index contributed by atoms with van der Waals surface area (Å²) in [5.41, 5.74) is 7.31. The van der Waals surface area contributed by atoms with Crippen molar-refractivity contribution < 1.29 is 14.3 Å². The number of nitrogens with two attached hydrogens (primary N) is 1. The van der Waals surface area contributed by atoms with Crippen LogP contribution in [-0.4, -0.2) is 23.0 Å². The maximum Gasteiger partial charge on any atom is 0.266 e. The van der Waals surface area contributed by atoms with Gasteiger partial charge in [-0.15, -0.1) is 11.3 Å². The van der Waals surface area contributed by atoms with E-state index in [1.807, 2.05) is 0 Å². The Morgan fingerprint density at radius 1 is 1.30 bits per heavy atom. The number of benzene rings is 1. The summed E-state index contributed by atoms with van der Waals surface area (Å²) in [5, 5.41) is 6.97. The van der Waals surface area contributed by atoms with E-state index in [1.54, 1.807) is 19.1 Å². The Kier molecular flexibility index (Phi) is 7.94. The summed E-state index contributed by atoms with van der Waals surface area (Å²) >= 11 is 18.8. The predicted molar refractivity (Wildman–Crippen MR) is 139 cm³/mol. The number of ether oxygens (including phenoxy) is 1. The van der Waals surface area contributed by atoms with Gasteiger partial charge in [-0.25, -0.2) is 0 Å². The number of thiophene rings is 1. The van der Waals surface area contributed by atoms with Crippen LogP contribution in [0, 0.1) is 11.3 Å². The number of rotatable bonds is 5. The molecule has 0 saturated carbocycles. The van der Waals surface area contributed by atoms with Gasteiger partial charge in [-0.2, -0.15) is 0 Å².